The highest BCUT2D eigenvalue weighted by Gasteiger charge is 2.41. The molecule has 0 bridgehead atoms. The number of nitrogens with one attached hydrogen (secondary N) is 1. The number of hydrogen-bond acceptors (Lipinski definition) is 4. The van der Waals surface area contributed by atoms with E-state index in [1.54, 1.807) is 0 Å². The molecule has 5 nitrogen and oxygen atoms in total. The van der Waals surface area contributed by atoms with E-state index in [9.17, 15) is 9.90 Å². The van der Waals surface area contributed by atoms with Crippen molar-refractivity contribution in [1.29, 1.82) is 0 Å². The summed E-state index contributed by atoms with van der Waals surface area (Å²) >= 11 is 0. The summed E-state index contributed by atoms with van der Waals surface area (Å²) < 4.78 is 24.7. The van der Waals surface area contributed by atoms with Crippen LogP contribution in [-0.4, -0.2) is 49.5 Å². The maximum atomic E-state index is 11.2. The molecule has 0 aromatic carbocycles. The standard InChI is InChI=1S/C12H23NO4/c1-7-8(2)12(13-9(3)15)10(5-14)17-11(7)6-16-4/h7-8,10-12,14H,5-6H2,1-4H3,(H,13,15)/t7-,8+,10+,11-,12+/m1/s1/i4TD/t4?,7-,8+,10+,11-,12+. The Morgan fingerprint density at radius 2 is 2.29 bits per heavy atom. The molecule has 6 atom stereocenters. The molecule has 1 unspecified atom stereocenters. The third kappa shape index (κ3) is 3.40. The first-order valence-electron chi connectivity index (χ1n) is 7.01. The van der Waals surface area contributed by atoms with E-state index in [1.165, 1.54) is 6.92 Å². The second-order valence-corrected chi connectivity index (χ2v) is 4.67. The molecule has 0 saturated carbocycles. The molecule has 0 aromatic heterocycles. The first-order chi connectivity index (χ1) is 8.86. The number of aliphatic hydroxyl groups excluding tert-OH is 1. The lowest BCUT2D eigenvalue weighted by Gasteiger charge is -2.44. The molecule has 1 aliphatic heterocycles. The molecular formula is C12H23NO4. The van der Waals surface area contributed by atoms with Gasteiger partial charge in [0, 0.05) is 14.0 Å². The SMILES string of the molecule is [2H]C([3H])OC[C@H]1O[C@@H](CO)[C@@H](NC(C)=O)[C@@H](C)[C@H]1C. The molecule has 1 fully saturated rings. The summed E-state index contributed by atoms with van der Waals surface area (Å²) in [6.45, 7) is 5.36. The number of aliphatic hydroxyl groups is 1. The van der Waals surface area contributed by atoms with Crippen LogP contribution in [0.2, 0.25) is 0 Å². The minimum Gasteiger partial charge on any atom is -0.394 e. The van der Waals surface area contributed by atoms with Crippen LogP contribution in [0.3, 0.4) is 0 Å². The van der Waals surface area contributed by atoms with Crippen molar-refractivity contribution in [2.45, 2.75) is 39.0 Å². The zero-order valence-corrected chi connectivity index (χ0v) is 10.6. The molecule has 17 heavy (non-hydrogen) atoms. The van der Waals surface area contributed by atoms with Gasteiger partial charge in [0.2, 0.25) is 5.91 Å². The summed E-state index contributed by atoms with van der Waals surface area (Å²) in [5.74, 6) is 0.0508. The molecule has 1 aliphatic rings. The van der Waals surface area contributed by atoms with Gasteiger partial charge in [-0.25, -0.2) is 0 Å². The third-order valence-corrected chi connectivity index (χ3v) is 3.54. The van der Waals surface area contributed by atoms with Gasteiger partial charge in [-0.3, -0.25) is 4.79 Å². The van der Waals surface area contributed by atoms with Gasteiger partial charge < -0.3 is 19.9 Å². The monoisotopic (exact) mass is 248 g/mol. The first-order valence-corrected chi connectivity index (χ1v) is 5.86. The van der Waals surface area contributed by atoms with E-state index in [-0.39, 0.29) is 43.1 Å². The maximum Gasteiger partial charge on any atom is 0.217 e. The van der Waals surface area contributed by atoms with Gasteiger partial charge in [-0.2, -0.15) is 0 Å². The second-order valence-electron chi connectivity index (χ2n) is 4.67. The van der Waals surface area contributed by atoms with Crippen LogP contribution in [0.1, 0.15) is 23.5 Å². The van der Waals surface area contributed by atoms with Gasteiger partial charge >= 0.3 is 0 Å². The van der Waals surface area contributed by atoms with Crippen LogP contribution >= 0.6 is 0 Å². The predicted octanol–water partition coefficient (Wildman–Crippen LogP) is 0.169. The summed E-state index contributed by atoms with van der Waals surface area (Å²) in [7, 11) is -1.34. The molecule has 100 valence electrons. The highest BCUT2D eigenvalue weighted by Crippen LogP contribution is 2.30. The zero-order valence-electron chi connectivity index (χ0n) is 12.6. The average Bonchev–Trinajstić information content (AvgIpc) is 2.33. The molecule has 1 saturated heterocycles. The highest BCUT2D eigenvalue weighted by molar-refractivity contribution is 5.73. The fourth-order valence-corrected chi connectivity index (χ4v) is 2.34. The van der Waals surface area contributed by atoms with Crippen molar-refractivity contribution in [1.82, 2.24) is 5.32 Å². The topological polar surface area (TPSA) is 67.8 Å². The zero-order chi connectivity index (χ0) is 14.6. The summed E-state index contributed by atoms with van der Waals surface area (Å²) in [6, 6.07) is -0.239. The number of hydrogen-bond donors (Lipinski definition) is 2. The van der Waals surface area contributed by atoms with Crippen LogP contribution in [0.25, 0.3) is 0 Å². The fourth-order valence-electron chi connectivity index (χ4n) is 2.34. The summed E-state index contributed by atoms with van der Waals surface area (Å²) in [6.07, 6.45) is -0.769. The third-order valence-electron chi connectivity index (χ3n) is 3.54. The van der Waals surface area contributed by atoms with Crippen molar-refractivity contribution in [2.75, 3.05) is 20.3 Å². The molecule has 1 rings (SSSR count). The summed E-state index contributed by atoms with van der Waals surface area (Å²) in [4.78, 5) is 11.2. The fraction of sp³-hybridized carbons (Fsp3) is 0.917. The lowest BCUT2D eigenvalue weighted by atomic mass is 9.80. The van der Waals surface area contributed by atoms with E-state index < -0.39 is 13.2 Å². The van der Waals surface area contributed by atoms with Crippen LogP contribution in [0, 0.1) is 11.8 Å². The molecule has 0 spiro atoms. The predicted molar refractivity (Wildman–Crippen MR) is 63.6 cm³/mol. The minimum absolute atomic E-state index is 0.0957. The van der Waals surface area contributed by atoms with E-state index in [1.807, 2.05) is 13.8 Å². The number of methoxy groups -OCH3 is 1. The van der Waals surface area contributed by atoms with E-state index in [0.717, 1.165) is 0 Å². The minimum atomic E-state index is -1.34. The van der Waals surface area contributed by atoms with Crippen LogP contribution in [0.15, 0.2) is 0 Å². The Morgan fingerprint density at radius 1 is 1.59 bits per heavy atom. The van der Waals surface area contributed by atoms with Crippen LogP contribution < -0.4 is 5.32 Å². The molecule has 1 heterocycles. The summed E-state index contributed by atoms with van der Waals surface area (Å²) in [5.41, 5.74) is 0. The first kappa shape index (κ1) is 11.4. The van der Waals surface area contributed by atoms with Gasteiger partial charge in [0.15, 0.2) is 0 Å². The van der Waals surface area contributed by atoms with Gasteiger partial charge in [-0.05, 0) is 11.8 Å². The Kier molecular flexibility index (Phi) is 4.26. The van der Waals surface area contributed by atoms with Gasteiger partial charge in [-0.1, -0.05) is 13.8 Å². The van der Waals surface area contributed by atoms with Crippen molar-refractivity contribution < 1.29 is 22.1 Å². The van der Waals surface area contributed by atoms with E-state index >= 15 is 0 Å². The molecule has 0 aromatic rings. The molecule has 2 N–H and O–H groups in total. The lowest BCUT2D eigenvalue weighted by molar-refractivity contribution is -0.157. The van der Waals surface area contributed by atoms with Crippen molar-refractivity contribution >= 4 is 5.91 Å². The second kappa shape index (κ2) is 6.33. The summed E-state index contributed by atoms with van der Waals surface area (Å²) in [5, 5.41) is 12.2. The van der Waals surface area contributed by atoms with Gasteiger partial charge in [0.05, 0.1) is 28.1 Å². The number of ether oxygens (including phenoxy) is 2. The number of carbonyl (C=O) groups excluding carboxylic acids is 1. The Hall–Kier alpha value is -0.650. The van der Waals surface area contributed by atoms with Gasteiger partial charge in [0.1, 0.15) is 6.10 Å². The quantitative estimate of drug-likeness (QED) is 0.744. The lowest BCUT2D eigenvalue weighted by Crippen LogP contribution is -2.58. The van der Waals surface area contributed by atoms with E-state index in [4.69, 9.17) is 12.2 Å². The normalized spacial score (nSPS) is 41.3. The van der Waals surface area contributed by atoms with Crippen LogP contribution in [-0.2, 0) is 14.3 Å². The van der Waals surface area contributed by atoms with Gasteiger partial charge in [0.25, 0.3) is 0 Å². The maximum absolute atomic E-state index is 11.2. The van der Waals surface area contributed by atoms with Crippen molar-refractivity contribution in [3.63, 3.8) is 0 Å². The van der Waals surface area contributed by atoms with Crippen molar-refractivity contribution in [3.05, 3.63) is 0 Å². The Labute approximate surface area is 105 Å². The number of amides is 1. The molecular weight excluding hydrogens is 222 g/mol. The van der Waals surface area contributed by atoms with E-state index in [0.29, 0.717) is 0 Å². The molecule has 1 amide bonds. The van der Waals surface area contributed by atoms with Crippen molar-refractivity contribution in [2.24, 2.45) is 11.8 Å². The Balaban J connectivity index is 2.70. The Bertz CT molecular complexity index is 301. The highest BCUT2D eigenvalue weighted by atomic mass is 16.5. The van der Waals surface area contributed by atoms with E-state index in [2.05, 4.69) is 5.32 Å². The van der Waals surface area contributed by atoms with Gasteiger partial charge in [-0.15, -0.1) is 0 Å². The molecule has 0 radical (unpaired) electrons. The molecule has 0 aliphatic carbocycles. The van der Waals surface area contributed by atoms with Crippen molar-refractivity contribution in [3.8, 4) is 0 Å². The average molecular weight is 248 g/mol. The Morgan fingerprint density at radius 3 is 2.82 bits per heavy atom. The number of rotatable bonds is 4. The van der Waals surface area contributed by atoms with Crippen LogP contribution in [0.5, 0.6) is 0 Å². The molecule has 5 heteroatoms. The largest absolute Gasteiger partial charge is 0.394 e. The number of carbonyl (C=O) groups is 1. The smallest absolute Gasteiger partial charge is 0.217 e. The van der Waals surface area contributed by atoms with Crippen LogP contribution in [0.4, 0.5) is 0 Å².